The smallest absolute Gasteiger partial charge is 0.182 e. The summed E-state index contributed by atoms with van der Waals surface area (Å²) >= 11 is 0. The van der Waals surface area contributed by atoms with Crippen molar-refractivity contribution in [2.75, 3.05) is 13.1 Å². The van der Waals surface area contributed by atoms with Crippen LogP contribution in [0.4, 0.5) is 8.78 Å². The molecule has 0 N–H and O–H groups in total. The van der Waals surface area contributed by atoms with E-state index in [0.29, 0.717) is 5.92 Å². The van der Waals surface area contributed by atoms with Crippen LogP contribution in [0.15, 0.2) is 18.2 Å². The Morgan fingerprint density at radius 2 is 2.10 bits per heavy atom. The highest BCUT2D eigenvalue weighted by Gasteiger charge is 2.30. The summed E-state index contributed by atoms with van der Waals surface area (Å²) < 4.78 is 26.6. The van der Waals surface area contributed by atoms with Crippen molar-refractivity contribution in [1.29, 1.82) is 0 Å². The van der Waals surface area contributed by atoms with Gasteiger partial charge in [0.25, 0.3) is 0 Å². The van der Waals surface area contributed by atoms with E-state index >= 15 is 0 Å². The third-order valence-corrected chi connectivity index (χ3v) is 3.82. The van der Waals surface area contributed by atoms with Crippen LogP contribution in [-0.4, -0.2) is 29.8 Å². The molecule has 0 aliphatic heterocycles. The van der Waals surface area contributed by atoms with Gasteiger partial charge in [-0.2, -0.15) is 0 Å². The summed E-state index contributed by atoms with van der Waals surface area (Å²) in [5, 5.41) is 0. The van der Waals surface area contributed by atoms with Crippen molar-refractivity contribution in [3.63, 3.8) is 0 Å². The van der Waals surface area contributed by atoms with Gasteiger partial charge in [-0.25, -0.2) is 8.78 Å². The fraction of sp³-hybridized carbons (Fsp3) is 0.562. The topological polar surface area (TPSA) is 20.3 Å². The zero-order valence-corrected chi connectivity index (χ0v) is 12.0. The maximum Gasteiger partial charge on any atom is 0.182 e. The molecule has 20 heavy (non-hydrogen) atoms. The molecule has 0 heterocycles. The maximum absolute atomic E-state index is 13.7. The van der Waals surface area contributed by atoms with Crippen LogP contribution in [0.2, 0.25) is 0 Å². The van der Waals surface area contributed by atoms with Crippen molar-refractivity contribution in [3.8, 4) is 0 Å². The van der Waals surface area contributed by atoms with Gasteiger partial charge in [0.1, 0.15) is 11.6 Å². The summed E-state index contributed by atoms with van der Waals surface area (Å²) in [5.41, 5.74) is -0.0178. The van der Waals surface area contributed by atoms with Crippen LogP contribution in [0.25, 0.3) is 0 Å². The van der Waals surface area contributed by atoms with E-state index in [1.807, 2.05) is 6.92 Å². The average molecular weight is 281 g/mol. The molecule has 4 heteroatoms. The minimum absolute atomic E-state index is 0.0178. The molecule has 1 aliphatic carbocycles. The average Bonchev–Trinajstić information content (AvgIpc) is 3.21. The second-order valence-corrected chi connectivity index (χ2v) is 5.60. The van der Waals surface area contributed by atoms with Gasteiger partial charge in [0, 0.05) is 12.6 Å². The van der Waals surface area contributed by atoms with Gasteiger partial charge >= 0.3 is 0 Å². The SMILES string of the molecule is CCCN(CC1CC1)C(C)C(=O)c1ccc(F)cc1F. The van der Waals surface area contributed by atoms with Crippen molar-refractivity contribution < 1.29 is 13.6 Å². The Kier molecular flexibility index (Phi) is 4.86. The lowest BCUT2D eigenvalue weighted by molar-refractivity contribution is 0.0827. The lowest BCUT2D eigenvalue weighted by Crippen LogP contribution is -2.41. The molecule has 0 saturated heterocycles. The number of rotatable bonds is 7. The predicted octanol–water partition coefficient (Wildman–Crippen LogP) is 3.66. The van der Waals surface area contributed by atoms with Crippen molar-refractivity contribution in [1.82, 2.24) is 4.90 Å². The molecule has 110 valence electrons. The van der Waals surface area contributed by atoms with Gasteiger partial charge in [-0.05, 0) is 50.8 Å². The quantitative estimate of drug-likeness (QED) is 0.711. The summed E-state index contributed by atoms with van der Waals surface area (Å²) in [7, 11) is 0. The summed E-state index contributed by atoms with van der Waals surface area (Å²) in [6.45, 7) is 5.59. The normalized spacial score (nSPS) is 16.4. The van der Waals surface area contributed by atoms with E-state index in [1.54, 1.807) is 0 Å². The number of Topliss-reactive ketones (excluding diaryl/α,β-unsaturated/α-hetero) is 1. The molecule has 1 aliphatic rings. The fourth-order valence-electron chi connectivity index (χ4n) is 2.44. The van der Waals surface area contributed by atoms with Crippen molar-refractivity contribution in [2.45, 2.75) is 39.2 Å². The first kappa shape index (κ1) is 15.1. The second kappa shape index (κ2) is 6.44. The Morgan fingerprint density at radius 3 is 2.65 bits per heavy atom. The summed E-state index contributed by atoms with van der Waals surface area (Å²) in [6, 6.07) is 2.78. The number of nitrogens with zero attached hydrogens (tertiary/aromatic N) is 1. The molecule has 2 nitrogen and oxygen atoms in total. The molecule has 1 atom stereocenters. The predicted molar refractivity (Wildman–Crippen MR) is 74.7 cm³/mol. The van der Waals surface area contributed by atoms with E-state index < -0.39 is 11.6 Å². The van der Waals surface area contributed by atoms with Crippen LogP contribution in [0.1, 0.15) is 43.5 Å². The molecule has 0 aromatic heterocycles. The largest absolute Gasteiger partial charge is 0.293 e. The van der Waals surface area contributed by atoms with Gasteiger partial charge in [0.15, 0.2) is 5.78 Å². The van der Waals surface area contributed by atoms with E-state index in [2.05, 4.69) is 11.8 Å². The van der Waals surface area contributed by atoms with Crippen LogP contribution in [-0.2, 0) is 0 Å². The molecular weight excluding hydrogens is 260 g/mol. The third-order valence-electron chi connectivity index (χ3n) is 3.82. The number of carbonyl (C=O) groups is 1. The molecule has 0 bridgehead atoms. The number of hydrogen-bond acceptors (Lipinski definition) is 2. The van der Waals surface area contributed by atoms with Crippen molar-refractivity contribution in [2.24, 2.45) is 5.92 Å². The van der Waals surface area contributed by atoms with Crippen LogP contribution < -0.4 is 0 Å². The highest BCUT2D eigenvalue weighted by atomic mass is 19.1. The van der Waals surface area contributed by atoms with E-state index in [-0.39, 0.29) is 17.4 Å². The molecule has 0 radical (unpaired) electrons. The van der Waals surface area contributed by atoms with Crippen molar-refractivity contribution >= 4 is 5.78 Å². The highest BCUT2D eigenvalue weighted by molar-refractivity contribution is 6.00. The maximum atomic E-state index is 13.7. The minimum atomic E-state index is -0.773. The van der Waals surface area contributed by atoms with Gasteiger partial charge < -0.3 is 0 Å². The molecule has 1 saturated carbocycles. The Balaban J connectivity index is 2.12. The number of carbonyl (C=O) groups excluding carboxylic acids is 1. The molecular formula is C16H21F2NO. The van der Waals surface area contributed by atoms with E-state index in [1.165, 1.54) is 18.9 Å². The van der Waals surface area contributed by atoms with Gasteiger partial charge in [-0.15, -0.1) is 0 Å². The van der Waals surface area contributed by atoms with Gasteiger partial charge in [0.2, 0.25) is 0 Å². The van der Waals surface area contributed by atoms with Crippen LogP contribution in [0.3, 0.4) is 0 Å². The molecule has 0 amide bonds. The first-order chi connectivity index (χ1) is 9.52. The van der Waals surface area contributed by atoms with Gasteiger partial charge in [0.05, 0.1) is 11.6 Å². The Morgan fingerprint density at radius 1 is 1.40 bits per heavy atom. The number of ketones is 1. The number of halogens is 2. The standard InChI is InChI=1S/C16H21F2NO/c1-3-8-19(10-12-4-5-12)11(2)16(20)14-7-6-13(17)9-15(14)18/h6-7,9,11-12H,3-5,8,10H2,1-2H3. The summed E-state index contributed by atoms with van der Waals surface area (Å²) in [5.74, 6) is -1.02. The lowest BCUT2D eigenvalue weighted by atomic mass is 10.0. The lowest BCUT2D eigenvalue weighted by Gasteiger charge is -2.27. The molecule has 0 spiro atoms. The fourth-order valence-corrected chi connectivity index (χ4v) is 2.44. The van der Waals surface area contributed by atoms with Crippen LogP contribution >= 0.6 is 0 Å². The molecule has 1 unspecified atom stereocenters. The third kappa shape index (κ3) is 3.63. The Bertz CT molecular complexity index is 485. The molecule has 1 fully saturated rings. The number of benzene rings is 1. The highest BCUT2D eigenvalue weighted by Crippen LogP contribution is 2.30. The number of hydrogen-bond donors (Lipinski definition) is 0. The van der Waals surface area contributed by atoms with E-state index in [0.717, 1.165) is 31.6 Å². The van der Waals surface area contributed by atoms with E-state index in [9.17, 15) is 13.6 Å². The van der Waals surface area contributed by atoms with Crippen molar-refractivity contribution in [3.05, 3.63) is 35.4 Å². The van der Waals surface area contributed by atoms with Gasteiger partial charge in [-0.1, -0.05) is 6.92 Å². The zero-order valence-electron chi connectivity index (χ0n) is 12.0. The molecule has 1 aromatic rings. The van der Waals surface area contributed by atoms with Gasteiger partial charge in [-0.3, -0.25) is 9.69 Å². The summed E-state index contributed by atoms with van der Waals surface area (Å²) in [6.07, 6.45) is 3.38. The van der Waals surface area contributed by atoms with Crippen LogP contribution in [0, 0.1) is 17.6 Å². The van der Waals surface area contributed by atoms with E-state index in [4.69, 9.17) is 0 Å². The Labute approximate surface area is 118 Å². The van der Waals surface area contributed by atoms with Crippen LogP contribution in [0.5, 0.6) is 0 Å². The second-order valence-electron chi connectivity index (χ2n) is 5.60. The first-order valence-corrected chi connectivity index (χ1v) is 7.26. The Hall–Kier alpha value is -1.29. The summed E-state index contributed by atoms with van der Waals surface area (Å²) in [4.78, 5) is 14.5. The monoisotopic (exact) mass is 281 g/mol. The first-order valence-electron chi connectivity index (χ1n) is 7.26. The minimum Gasteiger partial charge on any atom is -0.293 e. The zero-order chi connectivity index (χ0) is 14.7. The molecule has 2 rings (SSSR count). The molecule has 1 aromatic carbocycles.